The molecule has 1 N–H and O–H groups in total. The number of anilines is 1. The zero-order valence-electron chi connectivity index (χ0n) is 19.7. The highest BCUT2D eigenvalue weighted by Gasteiger charge is 2.48. The van der Waals surface area contributed by atoms with Gasteiger partial charge in [-0.15, -0.1) is 0 Å². The largest absolute Gasteiger partial charge is 0.507 e. The van der Waals surface area contributed by atoms with E-state index >= 15 is 0 Å². The van der Waals surface area contributed by atoms with E-state index in [4.69, 9.17) is 9.47 Å². The van der Waals surface area contributed by atoms with E-state index in [0.29, 0.717) is 22.6 Å². The van der Waals surface area contributed by atoms with Crippen LogP contribution in [0.2, 0.25) is 0 Å². The topological polar surface area (TPSA) is 106 Å². The highest BCUT2D eigenvalue weighted by molar-refractivity contribution is 7.17. The molecule has 0 bridgehead atoms. The Morgan fingerprint density at radius 1 is 1.14 bits per heavy atom. The van der Waals surface area contributed by atoms with Crippen molar-refractivity contribution in [3.63, 3.8) is 0 Å². The van der Waals surface area contributed by atoms with Crippen LogP contribution in [-0.2, 0) is 20.7 Å². The summed E-state index contributed by atoms with van der Waals surface area (Å²) in [6, 6.07) is 13.1. The second-order valence-corrected chi connectivity index (χ2v) is 8.88. The summed E-state index contributed by atoms with van der Waals surface area (Å²) >= 11 is 0.960. The zero-order chi connectivity index (χ0) is 25.3. The van der Waals surface area contributed by atoms with Gasteiger partial charge in [0, 0.05) is 5.56 Å². The second kappa shape index (κ2) is 9.71. The third-order valence-electron chi connectivity index (χ3n) is 5.85. The highest BCUT2D eigenvalue weighted by Crippen LogP contribution is 2.44. The van der Waals surface area contributed by atoms with Crippen LogP contribution in [0.15, 0.2) is 54.1 Å². The van der Waals surface area contributed by atoms with Crippen LogP contribution in [0.5, 0.6) is 5.75 Å². The minimum Gasteiger partial charge on any atom is -0.507 e. The number of hydrogen-bond donors (Lipinski definition) is 1. The average Bonchev–Trinajstić information content (AvgIpc) is 3.39. The van der Waals surface area contributed by atoms with Crippen LogP contribution in [0.25, 0.3) is 5.76 Å². The van der Waals surface area contributed by atoms with Crippen LogP contribution in [0.1, 0.15) is 45.0 Å². The Balaban J connectivity index is 1.93. The van der Waals surface area contributed by atoms with E-state index in [0.717, 1.165) is 23.3 Å². The number of esters is 1. The quantitative estimate of drug-likeness (QED) is 0.235. The van der Waals surface area contributed by atoms with Gasteiger partial charge in [-0.05, 0) is 36.6 Å². The number of ketones is 1. The number of thiazole rings is 1. The summed E-state index contributed by atoms with van der Waals surface area (Å²) in [7, 11) is 2.76. The number of nitrogens with zero attached hydrogens (tertiary/aromatic N) is 2. The van der Waals surface area contributed by atoms with Gasteiger partial charge in [-0.1, -0.05) is 54.7 Å². The van der Waals surface area contributed by atoms with E-state index in [1.165, 1.54) is 19.1 Å². The third-order valence-corrected chi connectivity index (χ3v) is 6.99. The molecule has 1 amide bonds. The van der Waals surface area contributed by atoms with Crippen molar-refractivity contribution in [1.29, 1.82) is 0 Å². The summed E-state index contributed by atoms with van der Waals surface area (Å²) in [5.41, 5.74) is 2.35. The molecule has 0 aliphatic carbocycles. The van der Waals surface area contributed by atoms with Crippen molar-refractivity contribution >= 4 is 39.9 Å². The average molecular weight is 493 g/mol. The Morgan fingerprint density at radius 3 is 2.49 bits per heavy atom. The lowest BCUT2D eigenvalue weighted by Crippen LogP contribution is -2.29. The van der Waals surface area contributed by atoms with Gasteiger partial charge in [0.05, 0.1) is 31.5 Å². The number of aryl methyl sites for hydroxylation is 2. The van der Waals surface area contributed by atoms with Gasteiger partial charge >= 0.3 is 11.9 Å². The molecule has 1 aliphatic heterocycles. The molecule has 0 spiro atoms. The van der Waals surface area contributed by atoms with Gasteiger partial charge < -0.3 is 14.6 Å². The lowest BCUT2D eigenvalue weighted by molar-refractivity contribution is -0.132. The van der Waals surface area contributed by atoms with Crippen LogP contribution < -0.4 is 9.64 Å². The molecule has 35 heavy (non-hydrogen) atoms. The normalized spacial score (nSPS) is 17.0. The Kier molecular flexibility index (Phi) is 6.70. The summed E-state index contributed by atoms with van der Waals surface area (Å²) in [6.07, 6.45) is 0.818. The van der Waals surface area contributed by atoms with E-state index in [-0.39, 0.29) is 21.3 Å². The maximum Gasteiger partial charge on any atom is 0.350 e. The minimum absolute atomic E-state index is 0.0695. The molecule has 1 fully saturated rings. The number of carbonyl (C=O) groups is 3. The molecule has 0 saturated carbocycles. The zero-order valence-corrected chi connectivity index (χ0v) is 20.5. The van der Waals surface area contributed by atoms with Gasteiger partial charge in [0.15, 0.2) is 5.13 Å². The van der Waals surface area contributed by atoms with Gasteiger partial charge in [-0.2, -0.15) is 0 Å². The predicted molar refractivity (Wildman–Crippen MR) is 132 cm³/mol. The molecule has 2 aromatic carbocycles. The van der Waals surface area contributed by atoms with Gasteiger partial charge in [-0.25, -0.2) is 9.78 Å². The first-order valence-electron chi connectivity index (χ1n) is 10.9. The predicted octanol–water partition coefficient (Wildman–Crippen LogP) is 4.44. The SMILES string of the molecule is CCc1ccc(C2C(=C(O)c3cccc(OC)c3)C(=O)C(=O)N2c2nc(C)c(C(=O)OC)s2)cc1. The molecule has 1 aromatic heterocycles. The van der Waals surface area contributed by atoms with Crippen LogP contribution >= 0.6 is 11.3 Å². The van der Waals surface area contributed by atoms with E-state index < -0.39 is 23.7 Å². The third kappa shape index (κ3) is 4.30. The summed E-state index contributed by atoms with van der Waals surface area (Å²) in [5.74, 6) is -2.10. The Morgan fingerprint density at radius 2 is 1.86 bits per heavy atom. The molecule has 1 unspecified atom stereocenters. The summed E-state index contributed by atoms with van der Waals surface area (Å²) in [6.45, 7) is 3.65. The van der Waals surface area contributed by atoms with Crippen LogP contribution in [0, 0.1) is 6.92 Å². The van der Waals surface area contributed by atoms with Crippen molar-refractivity contribution in [2.24, 2.45) is 0 Å². The second-order valence-electron chi connectivity index (χ2n) is 7.90. The van der Waals surface area contributed by atoms with Crippen molar-refractivity contribution in [2.45, 2.75) is 26.3 Å². The molecule has 0 radical (unpaired) electrons. The number of rotatable bonds is 6. The number of aromatic nitrogens is 1. The highest BCUT2D eigenvalue weighted by atomic mass is 32.1. The number of hydrogen-bond acceptors (Lipinski definition) is 8. The number of aliphatic hydroxyl groups is 1. The van der Waals surface area contributed by atoms with Gasteiger partial charge in [-0.3, -0.25) is 14.5 Å². The van der Waals surface area contributed by atoms with Crippen LogP contribution in [-0.4, -0.2) is 42.0 Å². The lowest BCUT2D eigenvalue weighted by Gasteiger charge is -2.23. The number of carbonyl (C=O) groups excluding carboxylic acids is 3. The van der Waals surface area contributed by atoms with Crippen LogP contribution in [0.3, 0.4) is 0 Å². The monoisotopic (exact) mass is 492 g/mol. The van der Waals surface area contributed by atoms with Crippen molar-refractivity contribution in [3.8, 4) is 5.75 Å². The Hall–Kier alpha value is -3.98. The maximum absolute atomic E-state index is 13.3. The fraction of sp³-hybridized carbons (Fsp3) is 0.231. The first-order chi connectivity index (χ1) is 16.8. The molecule has 1 atom stereocenters. The molecule has 8 nitrogen and oxygen atoms in total. The molecule has 9 heteroatoms. The van der Waals surface area contributed by atoms with Crippen molar-refractivity contribution < 1.29 is 29.0 Å². The Bertz CT molecular complexity index is 1340. The molecule has 180 valence electrons. The Labute approximate surface area is 206 Å². The first kappa shape index (κ1) is 24.2. The molecule has 4 rings (SSSR count). The molecule has 3 aromatic rings. The molecule has 2 heterocycles. The number of ether oxygens (including phenoxy) is 2. The summed E-state index contributed by atoms with van der Waals surface area (Å²) in [5, 5.41) is 11.4. The fourth-order valence-corrected chi connectivity index (χ4v) is 4.99. The standard InChI is InChI=1S/C26H24N2O6S/c1-5-15-9-11-16(12-10-15)20-19(21(29)17-7-6-8-18(13-17)33-3)22(30)24(31)28(20)26-27-14(2)23(35-26)25(32)34-4/h6-13,20,29H,5H2,1-4H3. The summed E-state index contributed by atoms with van der Waals surface area (Å²) in [4.78, 5) is 44.6. The number of Topliss-reactive ketones (excluding diaryl/α,β-unsaturated/α-hetero) is 1. The summed E-state index contributed by atoms with van der Waals surface area (Å²) < 4.78 is 10.1. The number of benzene rings is 2. The number of methoxy groups -OCH3 is 2. The van der Waals surface area contributed by atoms with E-state index in [2.05, 4.69) is 4.98 Å². The van der Waals surface area contributed by atoms with Crippen molar-refractivity contribution in [2.75, 3.05) is 19.1 Å². The number of amides is 1. The van der Waals surface area contributed by atoms with Crippen LogP contribution in [0.4, 0.5) is 5.13 Å². The maximum atomic E-state index is 13.3. The smallest absolute Gasteiger partial charge is 0.350 e. The van der Waals surface area contributed by atoms with Crippen molar-refractivity contribution in [1.82, 2.24) is 4.98 Å². The molecule has 1 saturated heterocycles. The lowest BCUT2D eigenvalue weighted by atomic mass is 9.94. The van der Waals surface area contributed by atoms with Gasteiger partial charge in [0.25, 0.3) is 5.78 Å². The van der Waals surface area contributed by atoms with E-state index in [1.807, 2.05) is 31.2 Å². The van der Waals surface area contributed by atoms with E-state index in [9.17, 15) is 19.5 Å². The molecular weight excluding hydrogens is 468 g/mol. The molecular formula is C26H24N2O6S. The van der Waals surface area contributed by atoms with E-state index in [1.54, 1.807) is 31.2 Å². The van der Waals surface area contributed by atoms with Crippen molar-refractivity contribution in [3.05, 3.63) is 81.4 Å². The first-order valence-corrected chi connectivity index (χ1v) is 11.7. The van der Waals surface area contributed by atoms with Gasteiger partial charge in [0.1, 0.15) is 16.4 Å². The molecule has 1 aliphatic rings. The number of aliphatic hydroxyl groups excluding tert-OH is 1. The van der Waals surface area contributed by atoms with Gasteiger partial charge in [0.2, 0.25) is 0 Å². The fourth-order valence-electron chi connectivity index (χ4n) is 3.97. The minimum atomic E-state index is -0.942.